The second kappa shape index (κ2) is 5.25. The predicted octanol–water partition coefficient (Wildman–Crippen LogP) is 3.62. The molecule has 0 aromatic rings. The van der Waals surface area contributed by atoms with Crippen molar-refractivity contribution in [3.05, 3.63) is 12.3 Å². The molecule has 0 saturated heterocycles. The lowest BCUT2D eigenvalue weighted by molar-refractivity contribution is -0.158. The van der Waals surface area contributed by atoms with Gasteiger partial charge in [0.25, 0.3) is 0 Å². The van der Waals surface area contributed by atoms with Crippen LogP contribution in [0.15, 0.2) is 12.3 Å². The molecule has 0 spiro atoms. The number of rotatable bonds is 4. The van der Waals surface area contributed by atoms with E-state index < -0.39 is 14.3 Å². The first-order valence-electron chi connectivity index (χ1n) is 6.33. The maximum absolute atomic E-state index is 11.9. The standard InChI is InChI=1S/C13H24O3Si/c1-11(16-17(3,4)5)12(14)15-13(2)9-7-6-8-10-13/h1,6-10H2,2-5H3. The third-order valence-corrected chi connectivity index (χ3v) is 3.77. The summed E-state index contributed by atoms with van der Waals surface area (Å²) >= 11 is 0. The van der Waals surface area contributed by atoms with E-state index in [0.29, 0.717) is 0 Å². The molecular weight excluding hydrogens is 232 g/mol. The van der Waals surface area contributed by atoms with E-state index in [1.807, 2.05) is 26.6 Å². The highest BCUT2D eigenvalue weighted by Gasteiger charge is 2.32. The minimum atomic E-state index is -1.77. The maximum atomic E-state index is 11.9. The van der Waals surface area contributed by atoms with Crippen molar-refractivity contribution < 1.29 is 14.0 Å². The Hall–Kier alpha value is -0.773. The molecule has 1 aliphatic carbocycles. The number of hydrogen-bond acceptors (Lipinski definition) is 3. The van der Waals surface area contributed by atoms with Crippen LogP contribution in [0.5, 0.6) is 0 Å². The minimum absolute atomic E-state index is 0.163. The zero-order valence-corrected chi connectivity index (χ0v) is 12.5. The lowest BCUT2D eigenvalue weighted by Gasteiger charge is -2.33. The summed E-state index contributed by atoms with van der Waals surface area (Å²) < 4.78 is 11.1. The molecule has 0 radical (unpaired) electrons. The van der Waals surface area contributed by atoms with Crippen LogP contribution < -0.4 is 0 Å². The van der Waals surface area contributed by atoms with Crippen LogP contribution in [0.2, 0.25) is 19.6 Å². The van der Waals surface area contributed by atoms with Gasteiger partial charge in [0, 0.05) is 0 Å². The van der Waals surface area contributed by atoms with E-state index in [4.69, 9.17) is 9.16 Å². The Balaban J connectivity index is 2.50. The van der Waals surface area contributed by atoms with Gasteiger partial charge in [0.2, 0.25) is 8.32 Å². The zero-order valence-electron chi connectivity index (χ0n) is 11.5. The summed E-state index contributed by atoms with van der Waals surface area (Å²) in [5.41, 5.74) is -0.318. The van der Waals surface area contributed by atoms with Gasteiger partial charge in [-0.05, 0) is 52.2 Å². The smallest absolute Gasteiger partial charge is 0.372 e. The third-order valence-electron chi connectivity index (χ3n) is 2.91. The highest BCUT2D eigenvalue weighted by Crippen LogP contribution is 2.31. The SMILES string of the molecule is C=C(O[Si](C)(C)C)C(=O)OC1(C)CCCCC1. The van der Waals surface area contributed by atoms with Gasteiger partial charge in [-0.25, -0.2) is 4.79 Å². The van der Waals surface area contributed by atoms with Crippen molar-refractivity contribution in [1.29, 1.82) is 0 Å². The molecule has 4 heteroatoms. The van der Waals surface area contributed by atoms with Gasteiger partial charge >= 0.3 is 5.97 Å². The zero-order chi connectivity index (χ0) is 13.1. The van der Waals surface area contributed by atoms with Gasteiger partial charge in [0.1, 0.15) is 5.60 Å². The van der Waals surface area contributed by atoms with Gasteiger partial charge in [0.05, 0.1) is 0 Å². The Labute approximate surface area is 105 Å². The van der Waals surface area contributed by atoms with Crippen LogP contribution >= 0.6 is 0 Å². The number of carbonyl (C=O) groups is 1. The summed E-state index contributed by atoms with van der Waals surface area (Å²) in [5.74, 6) is -0.229. The Bertz CT molecular complexity index is 298. The fourth-order valence-electron chi connectivity index (χ4n) is 2.09. The summed E-state index contributed by atoms with van der Waals surface area (Å²) in [5, 5.41) is 0. The fraction of sp³-hybridized carbons (Fsp3) is 0.769. The van der Waals surface area contributed by atoms with Crippen LogP contribution in [-0.4, -0.2) is 19.9 Å². The van der Waals surface area contributed by atoms with E-state index >= 15 is 0 Å². The molecular formula is C13H24O3Si. The third kappa shape index (κ3) is 4.94. The summed E-state index contributed by atoms with van der Waals surface area (Å²) in [7, 11) is -1.77. The lowest BCUT2D eigenvalue weighted by Crippen LogP contribution is -2.36. The van der Waals surface area contributed by atoms with E-state index in [1.165, 1.54) is 6.42 Å². The fourth-order valence-corrected chi connectivity index (χ4v) is 2.92. The van der Waals surface area contributed by atoms with Crippen molar-refractivity contribution >= 4 is 14.3 Å². The molecule has 0 N–H and O–H groups in total. The number of hydrogen-bond donors (Lipinski definition) is 0. The highest BCUT2D eigenvalue weighted by molar-refractivity contribution is 6.70. The summed E-state index contributed by atoms with van der Waals surface area (Å²) in [6.07, 6.45) is 5.38. The first kappa shape index (κ1) is 14.3. The molecule has 1 aliphatic rings. The van der Waals surface area contributed by atoms with Crippen molar-refractivity contribution in [3.8, 4) is 0 Å². The first-order valence-corrected chi connectivity index (χ1v) is 9.74. The van der Waals surface area contributed by atoms with Crippen molar-refractivity contribution in [2.24, 2.45) is 0 Å². The van der Waals surface area contributed by atoms with Gasteiger partial charge in [-0.3, -0.25) is 0 Å². The molecule has 1 saturated carbocycles. The molecule has 0 bridgehead atoms. The Morgan fingerprint density at radius 3 is 2.18 bits per heavy atom. The van der Waals surface area contributed by atoms with Crippen LogP contribution in [0.3, 0.4) is 0 Å². The Kier molecular flexibility index (Phi) is 4.41. The molecule has 0 unspecified atom stereocenters. The maximum Gasteiger partial charge on any atom is 0.372 e. The van der Waals surface area contributed by atoms with Gasteiger partial charge in [-0.15, -0.1) is 0 Å². The van der Waals surface area contributed by atoms with E-state index in [2.05, 4.69) is 6.58 Å². The molecule has 1 rings (SSSR count). The van der Waals surface area contributed by atoms with Gasteiger partial charge in [-0.1, -0.05) is 13.0 Å². The van der Waals surface area contributed by atoms with Crippen LogP contribution in [0.4, 0.5) is 0 Å². The Morgan fingerprint density at radius 1 is 1.18 bits per heavy atom. The van der Waals surface area contributed by atoms with Gasteiger partial charge in [0.15, 0.2) is 5.76 Å². The van der Waals surface area contributed by atoms with E-state index in [1.54, 1.807) is 0 Å². The van der Waals surface area contributed by atoms with Gasteiger partial charge in [-0.2, -0.15) is 0 Å². The first-order chi connectivity index (χ1) is 7.72. The molecule has 1 fully saturated rings. The van der Waals surface area contributed by atoms with Crippen LogP contribution in [0.1, 0.15) is 39.0 Å². The number of esters is 1. The molecule has 3 nitrogen and oxygen atoms in total. The van der Waals surface area contributed by atoms with Crippen molar-refractivity contribution in [3.63, 3.8) is 0 Å². The summed E-state index contributed by atoms with van der Waals surface area (Å²) in [6, 6.07) is 0. The summed E-state index contributed by atoms with van der Waals surface area (Å²) in [6.45, 7) is 11.7. The molecule has 0 amide bonds. The average Bonchev–Trinajstić information content (AvgIpc) is 2.15. The van der Waals surface area contributed by atoms with Crippen LogP contribution in [-0.2, 0) is 14.0 Å². The molecule has 0 atom stereocenters. The van der Waals surface area contributed by atoms with E-state index in [9.17, 15) is 4.79 Å². The van der Waals surface area contributed by atoms with Crippen molar-refractivity contribution in [2.45, 2.75) is 64.3 Å². The van der Waals surface area contributed by atoms with E-state index in [-0.39, 0.29) is 11.4 Å². The number of carbonyl (C=O) groups excluding carboxylic acids is 1. The monoisotopic (exact) mass is 256 g/mol. The molecule has 0 heterocycles. The average molecular weight is 256 g/mol. The molecule has 17 heavy (non-hydrogen) atoms. The molecule has 98 valence electrons. The molecule has 0 aliphatic heterocycles. The van der Waals surface area contributed by atoms with Crippen molar-refractivity contribution in [1.82, 2.24) is 0 Å². The topological polar surface area (TPSA) is 35.5 Å². The lowest BCUT2D eigenvalue weighted by atomic mass is 9.86. The molecule has 0 aromatic heterocycles. The second-order valence-electron chi connectivity index (χ2n) is 6.04. The number of ether oxygens (including phenoxy) is 1. The van der Waals surface area contributed by atoms with Crippen molar-refractivity contribution in [2.75, 3.05) is 0 Å². The van der Waals surface area contributed by atoms with E-state index in [0.717, 1.165) is 25.7 Å². The Morgan fingerprint density at radius 2 is 1.71 bits per heavy atom. The normalized spacial score (nSPS) is 19.5. The largest absolute Gasteiger partial charge is 0.540 e. The predicted molar refractivity (Wildman–Crippen MR) is 71.2 cm³/mol. The quantitative estimate of drug-likeness (QED) is 0.333. The summed E-state index contributed by atoms with van der Waals surface area (Å²) in [4.78, 5) is 11.9. The minimum Gasteiger partial charge on any atom is -0.540 e. The van der Waals surface area contributed by atoms with Gasteiger partial charge < -0.3 is 9.16 Å². The van der Waals surface area contributed by atoms with Crippen LogP contribution in [0, 0.1) is 0 Å². The highest BCUT2D eigenvalue weighted by atomic mass is 28.4. The second-order valence-corrected chi connectivity index (χ2v) is 10.5. The molecule has 0 aromatic carbocycles. The van der Waals surface area contributed by atoms with Crippen LogP contribution in [0.25, 0.3) is 0 Å².